The third kappa shape index (κ3) is 14.6. The second-order valence-electron chi connectivity index (χ2n) is 3.07. The lowest BCUT2D eigenvalue weighted by atomic mass is 10.3. The summed E-state index contributed by atoms with van der Waals surface area (Å²) in [5, 5.41) is 3.35. The third-order valence-corrected chi connectivity index (χ3v) is 4.13. The molecule has 0 spiro atoms. The monoisotopic (exact) mass is 252 g/mol. The summed E-state index contributed by atoms with van der Waals surface area (Å²) in [4.78, 5) is 5.26. The fraction of sp³-hybridized carbons (Fsp3) is 1.00. The Kier molecular flexibility index (Phi) is 15.1. The zero-order valence-corrected chi connectivity index (χ0v) is 11.5. The van der Waals surface area contributed by atoms with Crippen LogP contribution in [-0.4, -0.2) is 37.7 Å². The Balaban J connectivity index is 2.81. The summed E-state index contributed by atoms with van der Waals surface area (Å²) in [6.45, 7) is 8.13. The molecule has 0 fully saturated rings. The van der Waals surface area contributed by atoms with E-state index >= 15 is 0 Å². The minimum Gasteiger partial charge on any atom is -0.315 e. The molecule has 3 nitrogen and oxygen atoms in total. The number of hydrogen-bond acceptors (Lipinski definition) is 5. The van der Waals surface area contributed by atoms with E-state index in [1.165, 1.54) is 18.6 Å². The van der Waals surface area contributed by atoms with Gasteiger partial charge in [-0.3, -0.25) is 0 Å². The lowest BCUT2D eigenvalue weighted by Gasteiger charge is -2.06. The molecule has 92 valence electrons. The molecular formula is C10H24N2OS2. The topological polar surface area (TPSA) is 33.3 Å². The van der Waals surface area contributed by atoms with Crippen LogP contribution < -0.4 is 10.8 Å². The van der Waals surface area contributed by atoms with Crippen LogP contribution in [0.4, 0.5) is 0 Å². The molecule has 2 N–H and O–H groups in total. The van der Waals surface area contributed by atoms with Gasteiger partial charge in [-0.1, -0.05) is 41.9 Å². The van der Waals surface area contributed by atoms with E-state index in [1.807, 2.05) is 21.6 Å². The molecule has 0 radical (unpaired) electrons. The Labute approximate surface area is 102 Å². The summed E-state index contributed by atoms with van der Waals surface area (Å²) in [6.07, 6.45) is 2.51. The van der Waals surface area contributed by atoms with Gasteiger partial charge in [0.2, 0.25) is 0 Å². The number of rotatable bonds is 12. The SMILES string of the molecule is CCCCNCCNOCCSSCC. The number of hydroxylamine groups is 1. The first-order chi connectivity index (χ1) is 7.41. The van der Waals surface area contributed by atoms with Crippen LogP contribution in [-0.2, 0) is 4.84 Å². The van der Waals surface area contributed by atoms with Crippen molar-refractivity contribution in [1.29, 1.82) is 0 Å². The van der Waals surface area contributed by atoms with Gasteiger partial charge in [-0.25, -0.2) is 5.48 Å². The Morgan fingerprint density at radius 3 is 2.67 bits per heavy atom. The molecule has 0 atom stereocenters. The molecule has 0 aliphatic rings. The van der Waals surface area contributed by atoms with Crippen molar-refractivity contribution in [2.24, 2.45) is 0 Å². The molecule has 0 rings (SSSR count). The van der Waals surface area contributed by atoms with E-state index in [0.29, 0.717) is 0 Å². The van der Waals surface area contributed by atoms with E-state index in [-0.39, 0.29) is 0 Å². The summed E-state index contributed by atoms with van der Waals surface area (Å²) in [5.74, 6) is 2.22. The van der Waals surface area contributed by atoms with Gasteiger partial charge in [0.25, 0.3) is 0 Å². The molecule has 15 heavy (non-hydrogen) atoms. The Bertz CT molecular complexity index is 106. The van der Waals surface area contributed by atoms with E-state index in [4.69, 9.17) is 4.84 Å². The summed E-state index contributed by atoms with van der Waals surface area (Å²) < 4.78 is 0. The first-order valence-electron chi connectivity index (χ1n) is 5.71. The number of unbranched alkanes of at least 4 members (excludes halogenated alkanes) is 1. The van der Waals surface area contributed by atoms with Crippen molar-refractivity contribution in [2.45, 2.75) is 26.7 Å². The fourth-order valence-electron chi connectivity index (χ4n) is 0.928. The zero-order chi connectivity index (χ0) is 11.2. The van der Waals surface area contributed by atoms with Crippen molar-refractivity contribution >= 4 is 21.6 Å². The molecule has 0 aromatic carbocycles. The lowest BCUT2D eigenvalue weighted by Crippen LogP contribution is -2.28. The van der Waals surface area contributed by atoms with Crippen molar-refractivity contribution in [2.75, 3.05) is 37.7 Å². The largest absolute Gasteiger partial charge is 0.315 e. The molecule has 0 bridgehead atoms. The molecule has 0 saturated heterocycles. The lowest BCUT2D eigenvalue weighted by molar-refractivity contribution is 0.0539. The van der Waals surface area contributed by atoms with Gasteiger partial charge in [0.05, 0.1) is 6.61 Å². The second kappa shape index (κ2) is 14.6. The standard InChI is InChI=1S/C10H24N2OS2/c1-3-5-6-11-7-8-12-13-9-10-15-14-4-2/h11-12H,3-10H2,1-2H3. The predicted molar refractivity (Wildman–Crippen MR) is 72.3 cm³/mol. The van der Waals surface area contributed by atoms with Gasteiger partial charge < -0.3 is 10.2 Å². The summed E-state index contributed by atoms with van der Waals surface area (Å²) >= 11 is 0. The highest BCUT2D eigenvalue weighted by atomic mass is 33.1. The number of nitrogens with one attached hydrogen (secondary N) is 2. The van der Waals surface area contributed by atoms with E-state index < -0.39 is 0 Å². The maximum Gasteiger partial charge on any atom is 0.0781 e. The first-order valence-corrected chi connectivity index (χ1v) is 8.20. The van der Waals surface area contributed by atoms with E-state index in [2.05, 4.69) is 24.6 Å². The molecule has 5 heteroatoms. The van der Waals surface area contributed by atoms with Gasteiger partial charge in [0.1, 0.15) is 0 Å². The third-order valence-electron chi connectivity index (χ3n) is 1.68. The fourth-order valence-corrected chi connectivity index (χ4v) is 2.42. The van der Waals surface area contributed by atoms with Crippen molar-refractivity contribution in [3.05, 3.63) is 0 Å². The van der Waals surface area contributed by atoms with Crippen molar-refractivity contribution in [3.8, 4) is 0 Å². The smallest absolute Gasteiger partial charge is 0.0781 e. The average Bonchev–Trinajstić information content (AvgIpc) is 2.26. The van der Waals surface area contributed by atoms with E-state index in [0.717, 1.165) is 32.0 Å². The van der Waals surface area contributed by atoms with E-state index in [1.54, 1.807) is 0 Å². The Morgan fingerprint density at radius 2 is 1.93 bits per heavy atom. The van der Waals surface area contributed by atoms with Gasteiger partial charge in [-0.15, -0.1) is 0 Å². The van der Waals surface area contributed by atoms with Gasteiger partial charge in [-0.05, 0) is 13.0 Å². The summed E-state index contributed by atoms with van der Waals surface area (Å²) in [7, 11) is 3.75. The highest BCUT2D eigenvalue weighted by Crippen LogP contribution is 2.19. The quantitative estimate of drug-likeness (QED) is 0.316. The van der Waals surface area contributed by atoms with Crippen LogP contribution in [0, 0.1) is 0 Å². The molecule has 0 amide bonds. The van der Waals surface area contributed by atoms with Crippen molar-refractivity contribution in [1.82, 2.24) is 10.8 Å². The van der Waals surface area contributed by atoms with Gasteiger partial charge in [0, 0.05) is 24.6 Å². The maximum absolute atomic E-state index is 5.26. The van der Waals surface area contributed by atoms with Crippen LogP contribution in [0.15, 0.2) is 0 Å². The highest BCUT2D eigenvalue weighted by Gasteiger charge is 1.90. The minimum atomic E-state index is 0.784. The van der Waals surface area contributed by atoms with Gasteiger partial charge in [-0.2, -0.15) is 0 Å². The van der Waals surface area contributed by atoms with E-state index in [9.17, 15) is 0 Å². The van der Waals surface area contributed by atoms with Crippen LogP contribution in [0.1, 0.15) is 26.7 Å². The van der Waals surface area contributed by atoms with Crippen LogP contribution in [0.5, 0.6) is 0 Å². The maximum atomic E-state index is 5.26. The van der Waals surface area contributed by atoms with Crippen LogP contribution in [0.25, 0.3) is 0 Å². The minimum absolute atomic E-state index is 0.784. The van der Waals surface area contributed by atoms with Crippen molar-refractivity contribution in [3.63, 3.8) is 0 Å². The van der Waals surface area contributed by atoms with Crippen LogP contribution in [0.2, 0.25) is 0 Å². The van der Waals surface area contributed by atoms with Gasteiger partial charge >= 0.3 is 0 Å². The normalized spacial score (nSPS) is 10.8. The molecule has 0 aliphatic carbocycles. The van der Waals surface area contributed by atoms with Crippen molar-refractivity contribution < 1.29 is 4.84 Å². The van der Waals surface area contributed by atoms with Crippen LogP contribution in [0.3, 0.4) is 0 Å². The predicted octanol–water partition coefficient (Wildman–Crippen LogP) is 2.30. The first kappa shape index (κ1) is 15.6. The molecule has 0 aliphatic heterocycles. The van der Waals surface area contributed by atoms with Gasteiger partial charge in [0.15, 0.2) is 0 Å². The molecule has 0 heterocycles. The number of hydrogen-bond donors (Lipinski definition) is 2. The second-order valence-corrected chi connectivity index (χ2v) is 5.95. The Morgan fingerprint density at radius 1 is 1.07 bits per heavy atom. The average molecular weight is 252 g/mol. The Hall–Kier alpha value is 0.580. The molecule has 0 aromatic heterocycles. The molecule has 0 unspecified atom stereocenters. The summed E-state index contributed by atoms with van der Waals surface area (Å²) in [6, 6.07) is 0. The summed E-state index contributed by atoms with van der Waals surface area (Å²) in [5.41, 5.74) is 2.95. The molecular weight excluding hydrogens is 228 g/mol. The molecule has 0 aromatic rings. The molecule has 0 saturated carbocycles. The highest BCUT2D eigenvalue weighted by molar-refractivity contribution is 8.76. The van der Waals surface area contributed by atoms with Crippen LogP contribution >= 0.6 is 21.6 Å². The zero-order valence-electron chi connectivity index (χ0n) is 9.88.